The number of nitrogens with zero attached hydrogens (tertiary/aromatic N) is 2. The van der Waals surface area contributed by atoms with Gasteiger partial charge >= 0.3 is 6.36 Å². The molecule has 0 amide bonds. The van der Waals surface area contributed by atoms with E-state index in [-0.39, 0.29) is 5.75 Å². The van der Waals surface area contributed by atoms with Crippen LogP contribution in [0.15, 0.2) is 36.5 Å². The van der Waals surface area contributed by atoms with Crippen molar-refractivity contribution in [1.82, 2.24) is 9.78 Å². The van der Waals surface area contributed by atoms with E-state index in [1.54, 1.807) is 18.3 Å². The number of hydrogen-bond donors (Lipinski definition) is 1. The maximum absolute atomic E-state index is 12.3. The van der Waals surface area contributed by atoms with Crippen LogP contribution in [-0.4, -0.2) is 16.1 Å². The molecule has 0 saturated heterocycles. The van der Waals surface area contributed by atoms with Crippen molar-refractivity contribution in [3.63, 3.8) is 0 Å². The van der Waals surface area contributed by atoms with Crippen LogP contribution in [0, 0.1) is 0 Å². The number of aromatic nitrogens is 2. The summed E-state index contributed by atoms with van der Waals surface area (Å²) in [5, 5.41) is 7.12. The first-order valence-electron chi connectivity index (χ1n) is 6.59. The summed E-state index contributed by atoms with van der Waals surface area (Å²) in [6.07, 6.45) is -2.10. The highest BCUT2D eigenvalue weighted by atomic mass is 19.4. The van der Waals surface area contributed by atoms with Gasteiger partial charge in [-0.3, -0.25) is 4.68 Å². The monoisotopic (exact) mass is 299 g/mol. The van der Waals surface area contributed by atoms with Gasteiger partial charge in [-0.15, -0.1) is 13.2 Å². The maximum Gasteiger partial charge on any atom is 0.573 e. The van der Waals surface area contributed by atoms with Gasteiger partial charge in [0, 0.05) is 12.7 Å². The second kappa shape index (κ2) is 6.51. The number of halogens is 3. The number of rotatable bonds is 6. The molecule has 1 heterocycles. The molecule has 7 heteroatoms. The molecule has 2 aromatic rings. The van der Waals surface area contributed by atoms with Crippen LogP contribution in [0.25, 0.3) is 0 Å². The Morgan fingerprint density at radius 1 is 1.24 bits per heavy atom. The third kappa shape index (κ3) is 4.40. The van der Waals surface area contributed by atoms with Crippen molar-refractivity contribution in [2.24, 2.45) is 0 Å². The lowest BCUT2D eigenvalue weighted by atomic mass is 10.3. The Hall–Kier alpha value is -2.18. The zero-order valence-electron chi connectivity index (χ0n) is 11.5. The van der Waals surface area contributed by atoms with Crippen molar-refractivity contribution in [2.45, 2.75) is 32.8 Å². The Balaban J connectivity index is 2.08. The van der Waals surface area contributed by atoms with Crippen molar-refractivity contribution < 1.29 is 17.9 Å². The lowest BCUT2D eigenvalue weighted by Gasteiger charge is -2.15. The molecule has 0 unspecified atom stereocenters. The van der Waals surface area contributed by atoms with Gasteiger partial charge in [-0.05, 0) is 24.6 Å². The fourth-order valence-electron chi connectivity index (χ4n) is 1.94. The molecule has 1 aromatic heterocycles. The smallest absolute Gasteiger partial charge is 0.404 e. The minimum Gasteiger partial charge on any atom is -0.404 e. The van der Waals surface area contributed by atoms with Gasteiger partial charge in [0.2, 0.25) is 0 Å². The van der Waals surface area contributed by atoms with E-state index in [1.165, 1.54) is 12.1 Å². The predicted molar refractivity (Wildman–Crippen MR) is 73.0 cm³/mol. The summed E-state index contributed by atoms with van der Waals surface area (Å²) in [6, 6.07) is 7.79. The standard InChI is InChI=1S/C14H16F3N3O/c1-2-9-20-11(7-8-19-20)10-18-12-5-3-4-6-13(12)21-14(15,16)17/h3-8,18H,2,9-10H2,1H3. The molecule has 21 heavy (non-hydrogen) atoms. The first-order chi connectivity index (χ1) is 9.99. The summed E-state index contributed by atoms with van der Waals surface area (Å²) in [4.78, 5) is 0. The first kappa shape index (κ1) is 15.2. The van der Waals surface area contributed by atoms with E-state index in [0.717, 1.165) is 18.7 Å². The molecule has 0 aliphatic rings. The molecule has 0 saturated carbocycles. The normalized spacial score (nSPS) is 11.4. The zero-order chi connectivity index (χ0) is 15.3. The van der Waals surface area contributed by atoms with Gasteiger partial charge < -0.3 is 10.1 Å². The molecule has 0 aliphatic heterocycles. The Morgan fingerprint density at radius 2 is 2.00 bits per heavy atom. The average molecular weight is 299 g/mol. The third-order valence-corrected chi connectivity index (χ3v) is 2.81. The number of alkyl halides is 3. The van der Waals surface area contributed by atoms with Gasteiger partial charge in [-0.25, -0.2) is 0 Å². The molecule has 1 N–H and O–H groups in total. The van der Waals surface area contributed by atoms with E-state index in [0.29, 0.717) is 12.2 Å². The van der Waals surface area contributed by atoms with Crippen molar-refractivity contribution in [3.8, 4) is 5.75 Å². The number of ether oxygens (including phenoxy) is 1. The SMILES string of the molecule is CCCn1nccc1CNc1ccccc1OC(F)(F)F. The van der Waals surface area contributed by atoms with E-state index in [2.05, 4.69) is 15.2 Å². The summed E-state index contributed by atoms with van der Waals surface area (Å²) in [6.45, 7) is 3.17. The largest absolute Gasteiger partial charge is 0.573 e. The fraction of sp³-hybridized carbons (Fsp3) is 0.357. The molecule has 0 spiro atoms. The Kier molecular flexibility index (Phi) is 4.72. The lowest BCUT2D eigenvalue weighted by Crippen LogP contribution is -2.18. The van der Waals surface area contributed by atoms with Crippen LogP contribution in [0.5, 0.6) is 5.75 Å². The van der Waals surface area contributed by atoms with Crippen LogP contribution in [0.1, 0.15) is 19.0 Å². The average Bonchev–Trinajstić information content (AvgIpc) is 2.84. The summed E-state index contributed by atoms with van der Waals surface area (Å²) in [5.41, 5.74) is 1.19. The fourth-order valence-corrected chi connectivity index (χ4v) is 1.94. The second-order valence-corrected chi connectivity index (χ2v) is 4.44. The van der Waals surface area contributed by atoms with E-state index in [1.807, 2.05) is 17.7 Å². The Morgan fingerprint density at radius 3 is 2.71 bits per heavy atom. The third-order valence-electron chi connectivity index (χ3n) is 2.81. The molecule has 2 rings (SSSR count). The van der Waals surface area contributed by atoms with Gasteiger partial charge in [-0.2, -0.15) is 5.10 Å². The highest BCUT2D eigenvalue weighted by Crippen LogP contribution is 2.30. The lowest BCUT2D eigenvalue weighted by molar-refractivity contribution is -0.274. The number of nitrogens with one attached hydrogen (secondary N) is 1. The highest BCUT2D eigenvalue weighted by Gasteiger charge is 2.32. The minimum absolute atomic E-state index is 0.244. The Bertz CT molecular complexity index is 581. The van der Waals surface area contributed by atoms with Gasteiger partial charge in [0.15, 0.2) is 5.75 Å². The molecule has 0 fully saturated rings. The molecule has 0 atom stereocenters. The number of benzene rings is 1. The highest BCUT2D eigenvalue weighted by molar-refractivity contribution is 5.56. The van der Waals surface area contributed by atoms with Crippen LogP contribution >= 0.6 is 0 Å². The summed E-state index contributed by atoms with van der Waals surface area (Å²) < 4.78 is 42.8. The molecule has 0 aliphatic carbocycles. The molecule has 4 nitrogen and oxygen atoms in total. The molecular formula is C14H16F3N3O. The van der Waals surface area contributed by atoms with Crippen molar-refractivity contribution in [2.75, 3.05) is 5.32 Å². The molecule has 0 bridgehead atoms. The van der Waals surface area contributed by atoms with Crippen LogP contribution < -0.4 is 10.1 Å². The first-order valence-corrected chi connectivity index (χ1v) is 6.59. The molecular weight excluding hydrogens is 283 g/mol. The number of anilines is 1. The van der Waals surface area contributed by atoms with Crippen molar-refractivity contribution in [1.29, 1.82) is 0 Å². The second-order valence-electron chi connectivity index (χ2n) is 4.44. The van der Waals surface area contributed by atoms with Crippen LogP contribution in [-0.2, 0) is 13.1 Å². The topological polar surface area (TPSA) is 39.1 Å². The summed E-state index contributed by atoms with van der Waals surface area (Å²) in [5.74, 6) is -0.244. The van der Waals surface area contributed by atoms with Crippen molar-refractivity contribution in [3.05, 3.63) is 42.2 Å². The van der Waals surface area contributed by atoms with Crippen LogP contribution in [0.2, 0.25) is 0 Å². The minimum atomic E-state index is -4.71. The van der Waals surface area contributed by atoms with Crippen LogP contribution in [0.4, 0.5) is 18.9 Å². The van der Waals surface area contributed by atoms with E-state index >= 15 is 0 Å². The number of aryl methyl sites for hydroxylation is 1. The van der Waals surface area contributed by atoms with Gasteiger partial charge in [-0.1, -0.05) is 19.1 Å². The van der Waals surface area contributed by atoms with Gasteiger partial charge in [0.1, 0.15) is 0 Å². The van der Waals surface area contributed by atoms with Gasteiger partial charge in [0.05, 0.1) is 17.9 Å². The maximum atomic E-state index is 12.3. The van der Waals surface area contributed by atoms with Gasteiger partial charge in [0.25, 0.3) is 0 Å². The van der Waals surface area contributed by atoms with E-state index < -0.39 is 6.36 Å². The Labute approximate surface area is 120 Å². The van der Waals surface area contributed by atoms with Crippen molar-refractivity contribution >= 4 is 5.69 Å². The zero-order valence-corrected chi connectivity index (χ0v) is 11.5. The van der Waals surface area contributed by atoms with E-state index in [9.17, 15) is 13.2 Å². The van der Waals surface area contributed by atoms with Crippen LogP contribution in [0.3, 0.4) is 0 Å². The predicted octanol–water partition coefficient (Wildman–Crippen LogP) is 3.80. The number of hydrogen-bond acceptors (Lipinski definition) is 3. The molecule has 114 valence electrons. The summed E-state index contributed by atoms with van der Waals surface area (Å²) in [7, 11) is 0. The van der Waals surface area contributed by atoms with E-state index in [4.69, 9.17) is 0 Å². The molecule has 1 aromatic carbocycles. The molecule has 0 radical (unpaired) electrons. The summed E-state index contributed by atoms with van der Waals surface area (Å²) >= 11 is 0. The quantitative estimate of drug-likeness (QED) is 0.881. The number of para-hydroxylation sites is 2.